The smallest absolute Gasteiger partial charge is 0.272 e. The van der Waals surface area contributed by atoms with Crippen LogP contribution >= 0.6 is 0 Å². The van der Waals surface area contributed by atoms with Gasteiger partial charge in [-0.25, -0.2) is 15.0 Å². The summed E-state index contributed by atoms with van der Waals surface area (Å²) in [6.07, 6.45) is 6.82. The maximum Gasteiger partial charge on any atom is 0.272 e. The summed E-state index contributed by atoms with van der Waals surface area (Å²) in [7, 11) is 0. The quantitative estimate of drug-likeness (QED) is 0.880. The predicted molar refractivity (Wildman–Crippen MR) is 82.2 cm³/mol. The van der Waals surface area contributed by atoms with Gasteiger partial charge >= 0.3 is 0 Å². The van der Waals surface area contributed by atoms with E-state index in [2.05, 4.69) is 19.9 Å². The van der Waals surface area contributed by atoms with Crippen LogP contribution in [0.5, 0.6) is 0 Å². The van der Waals surface area contributed by atoms with E-state index in [1.54, 1.807) is 4.90 Å². The third-order valence-electron chi connectivity index (χ3n) is 4.38. The maximum absolute atomic E-state index is 12.7. The Bertz CT molecular complexity index is 785. The van der Waals surface area contributed by atoms with E-state index in [1.165, 1.54) is 12.4 Å². The Balaban J connectivity index is 1.57. The van der Waals surface area contributed by atoms with Crippen LogP contribution in [0.15, 0.2) is 23.4 Å². The molecule has 23 heavy (non-hydrogen) atoms. The zero-order chi connectivity index (χ0) is 15.8. The van der Waals surface area contributed by atoms with E-state index in [1.807, 2.05) is 6.20 Å². The Morgan fingerprint density at radius 1 is 1.26 bits per heavy atom. The molecule has 7 heteroatoms. The van der Waals surface area contributed by atoms with Gasteiger partial charge in [-0.1, -0.05) is 0 Å². The predicted octanol–water partition coefficient (Wildman–Crippen LogP) is 0.678. The first kappa shape index (κ1) is 14.0. The van der Waals surface area contributed by atoms with E-state index in [0.717, 1.165) is 30.5 Å². The van der Waals surface area contributed by atoms with E-state index >= 15 is 0 Å². The number of carbonyl (C=O) groups is 1. The zero-order valence-corrected chi connectivity index (χ0v) is 12.7. The molecule has 3 heterocycles. The second kappa shape index (κ2) is 5.57. The fourth-order valence-corrected chi connectivity index (χ4v) is 2.93. The number of amides is 1. The largest absolute Gasteiger partial charge is 0.337 e. The topological polar surface area (TPSA) is 91.8 Å². The molecule has 118 valence electrons. The van der Waals surface area contributed by atoms with E-state index in [-0.39, 0.29) is 17.2 Å². The highest BCUT2D eigenvalue weighted by Crippen LogP contribution is 2.37. The zero-order valence-electron chi connectivity index (χ0n) is 12.7. The lowest BCUT2D eigenvalue weighted by Crippen LogP contribution is -2.35. The summed E-state index contributed by atoms with van der Waals surface area (Å²) in [6, 6.07) is 1.30. The van der Waals surface area contributed by atoms with Crippen molar-refractivity contribution in [2.24, 2.45) is 0 Å². The van der Waals surface area contributed by atoms with Crippen molar-refractivity contribution in [3.63, 3.8) is 0 Å². The molecule has 1 aliphatic heterocycles. The summed E-state index contributed by atoms with van der Waals surface area (Å²) >= 11 is 0. The van der Waals surface area contributed by atoms with Crippen LogP contribution in [-0.2, 0) is 12.8 Å². The Hall–Kier alpha value is -2.57. The molecular formula is C16H17N5O2. The molecule has 1 amide bonds. The van der Waals surface area contributed by atoms with Gasteiger partial charge in [-0.05, 0) is 24.8 Å². The molecule has 4 rings (SSSR count). The van der Waals surface area contributed by atoms with Gasteiger partial charge in [0.1, 0.15) is 17.8 Å². The van der Waals surface area contributed by atoms with Crippen molar-refractivity contribution in [2.75, 3.05) is 13.1 Å². The van der Waals surface area contributed by atoms with Crippen LogP contribution < -0.4 is 5.56 Å². The van der Waals surface area contributed by atoms with E-state index < -0.39 is 0 Å². The van der Waals surface area contributed by atoms with Gasteiger partial charge in [0.15, 0.2) is 0 Å². The summed E-state index contributed by atoms with van der Waals surface area (Å²) in [5.41, 5.74) is 2.06. The number of fused-ring (bicyclic) bond motifs is 1. The van der Waals surface area contributed by atoms with Crippen molar-refractivity contribution in [1.82, 2.24) is 24.8 Å². The van der Waals surface area contributed by atoms with Gasteiger partial charge in [0.2, 0.25) is 0 Å². The Labute approximate surface area is 132 Å². The third-order valence-corrected chi connectivity index (χ3v) is 4.38. The van der Waals surface area contributed by atoms with Crippen molar-refractivity contribution >= 4 is 5.91 Å². The second-order valence-corrected chi connectivity index (χ2v) is 6.08. The van der Waals surface area contributed by atoms with Crippen molar-refractivity contribution in [3.8, 4) is 0 Å². The fraction of sp³-hybridized carbons (Fsp3) is 0.438. The lowest BCUT2D eigenvalue weighted by atomic mass is 10.1. The first-order valence-corrected chi connectivity index (χ1v) is 7.89. The Morgan fingerprint density at radius 2 is 2.09 bits per heavy atom. The van der Waals surface area contributed by atoms with Crippen LogP contribution in [-0.4, -0.2) is 43.8 Å². The first-order valence-electron chi connectivity index (χ1n) is 7.89. The minimum Gasteiger partial charge on any atom is -0.337 e. The minimum absolute atomic E-state index is 0.182. The summed E-state index contributed by atoms with van der Waals surface area (Å²) in [5.74, 6) is 0.766. The Kier molecular flexibility index (Phi) is 3.40. The molecule has 2 aliphatic rings. The van der Waals surface area contributed by atoms with Crippen LogP contribution in [0.25, 0.3) is 0 Å². The van der Waals surface area contributed by atoms with Gasteiger partial charge in [-0.2, -0.15) is 0 Å². The molecule has 7 nitrogen and oxygen atoms in total. The number of aromatic nitrogens is 4. The SMILES string of the molecule is O=C(c1cc(=O)[nH]c(C2CC2)n1)N1CCc2cncnc2CC1. The number of carbonyl (C=O) groups excluding carboxylic acids is 1. The molecule has 1 saturated carbocycles. The number of rotatable bonds is 2. The van der Waals surface area contributed by atoms with Crippen LogP contribution in [0, 0.1) is 0 Å². The van der Waals surface area contributed by atoms with E-state index in [9.17, 15) is 9.59 Å². The van der Waals surface area contributed by atoms with Gasteiger partial charge < -0.3 is 9.88 Å². The van der Waals surface area contributed by atoms with Crippen LogP contribution in [0.3, 0.4) is 0 Å². The highest BCUT2D eigenvalue weighted by atomic mass is 16.2. The van der Waals surface area contributed by atoms with Crippen molar-refractivity contribution in [2.45, 2.75) is 31.6 Å². The van der Waals surface area contributed by atoms with Crippen LogP contribution in [0.1, 0.15) is 46.3 Å². The molecule has 0 spiro atoms. The molecule has 2 aromatic rings. The molecule has 1 N–H and O–H groups in total. The number of nitrogens with one attached hydrogen (secondary N) is 1. The van der Waals surface area contributed by atoms with Gasteiger partial charge in [0.05, 0.1) is 0 Å². The van der Waals surface area contributed by atoms with Gasteiger partial charge in [-0.3, -0.25) is 9.59 Å². The highest BCUT2D eigenvalue weighted by Gasteiger charge is 2.28. The fourth-order valence-electron chi connectivity index (χ4n) is 2.93. The molecule has 0 aromatic carbocycles. The molecule has 2 aromatic heterocycles. The lowest BCUT2D eigenvalue weighted by Gasteiger charge is -2.19. The van der Waals surface area contributed by atoms with Crippen LogP contribution in [0.2, 0.25) is 0 Å². The maximum atomic E-state index is 12.7. The summed E-state index contributed by atoms with van der Waals surface area (Å²) in [4.78, 5) is 41.7. The second-order valence-electron chi connectivity index (χ2n) is 6.08. The van der Waals surface area contributed by atoms with E-state index in [0.29, 0.717) is 31.3 Å². The molecule has 0 atom stereocenters. The first-order chi connectivity index (χ1) is 11.2. The average Bonchev–Trinajstić information content (AvgIpc) is 3.40. The number of aromatic amines is 1. The molecule has 0 bridgehead atoms. The Morgan fingerprint density at radius 3 is 2.91 bits per heavy atom. The van der Waals surface area contributed by atoms with E-state index in [4.69, 9.17) is 0 Å². The summed E-state index contributed by atoms with van der Waals surface area (Å²) in [5, 5.41) is 0. The summed E-state index contributed by atoms with van der Waals surface area (Å²) in [6.45, 7) is 1.17. The number of hydrogen-bond donors (Lipinski definition) is 1. The third kappa shape index (κ3) is 2.86. The van der Waals surface area contributed by atoms with Crippen molar-refractivity contribution in [1.29, 1.82) is 0 Å². The van der Waals surface area contributed by atoms with Crippen molar-refractivity contribution < 1.29 is 4.79 Å². The molecule has 1 aliphatic carbocycles. The number of H-pyrrole nitrogens is 1. The standard InChI is InChI=1S/C16H17N5O2/c22-14-7-13(19-15(20-14)10-1-2-10)16(23)21-5-3-11-8-17-9-18-12(11)4-6-21/h7-10H,1-6H2,(H,19,20,22). The van der Waals surface area contributed by atoms with Crippen molar-refractivity contribution in [3.05, 3.63) is 51.7 Å². The average molecular weight is 311 g/mol. The number of hydrogen-bond acceptors (Lipinski definition) is 5. The minimum atomic E-state index is -0.255. The lowest BCUT2D eigenvalue weighted by molar-refractivity contribution is 0.0756. The summed E-state index contributed by atoms with van der Waals surface area (Å²) < 4.78 is 0. The monoisotopic (exact) mass is 311 g/mol. The molecule has 0 saturated heterocycles. The molecule has 1 fully saturated rings. The normalized spacial score (nSPS) is 17.5. The van der Waals surface area contributed by atoms with Gasteiger partial charge in [0.25, 0.3) is 11.5 Å². The van der Waals surface area contributed by atoms with Gasteiger partial charge in [-0.15, -0.1) is 0 Å². The van der Waals surface area contributed by atoms with Gasteiger partial charge in [0, 0.05) is 43.4 Å². The molecular weight excluding hydrogens is 294 g/mol. The molecule has 0 radical (unpaired) electrons. The number of nitrogens with zero attached hydrogens (tertiary/aromatic N) is 4. The highest BCUT2D eigenvalue weighted by molar-refractivity contribution is 5.92. The molecule has 0 unspecified atom stereocenters. The van der Waals surface area contributed by atoms with Crippen LogP contribution in [0.4, 0.5) is 0 Å².